The van der Waals surface area contributed by atoms with Gasteiger partial charge in [-0.1, -0.05) is 80.1 Å². The number of carbonyl (C=O) groups is 1. The topological polar surface area (TPSA) is 31.2 Å². The molecule has 0 aliphatic carbocycles. The Bertz CT molecular complexity index is 859. The van der Waals surface area contributed by atoms with E-state index in [9.17, 15) is 9.18 Å². The van der Waals surface area contributed by atoms with Crippen LogP contribution in [0.1, 0.15) is 103 Å². The second-order valence-corrected chi connectivity index (χ2v) is 10.7. The number of aromatic nitrogens is 1. The highest BCUT2D eigenvalue weighted by Crippen LogP contribution is 2.47. The third kappa shape index (κ3) is 6.39. The van der Waals surface area contributed by atoms with Gasteiger partial charge in [0.05, 0.1) is 18.2 Å². The van der Waals surface area contributed by atoms with Gasteiger partial charge in [-0.15, -0.1) is 0 Å². The summed E-state index contributed by atoms with van der Waals surface area (Å²) in [5.41, 5.74) is 1.29. The number of rotatable bonds is 14. The molecule has 0 fully saturated rings. The fourth-order valence-electron chi connectivity index (χ4n) is 6.16. The maximum atomic E-state index is 14.6. The SMILES string of the molecule is COC(=O)c1ccc2c(ccn2CCCCCCCCCC(C(C)C)(C(C)C)C(C)C)c1F. The zero-order valence-electron chi connectivity index (χ0n) is 22.0. The minimum atomic E-state index is -0.634. The van der Waals surface area contributed by atoms with Crippen molar-refractivity contribution >= 4 is 16.9 Å². The number of unbranched alkanes of at least 4 members (excludes halogenated alkanes) is 6. The number of methoxy groups -OCH3 is 1. The van der Waals surface area contributed by atoms with Crippen molar-refractivity contribution in [3.8, 4) is 0 Å². The standard InChI is InChI=1S/C29H46FNO2/c1-21(2)29(22(3)4,23(5)6)18-13-11-9-8-10-12-14-19-31-20-17-24-26(31)16-15-25(27(24)30)28(32)33-7/h15-17,20-23H,8-14,18-19H2,1-7H3. The molecule has 0 aliphatic heterocycles. The minimum Gasteiger partial charge on any atom is -0.465 e. The van der Waals surface area contributed by atoms with Crippen LogP contribution in [0.25, 0.3) is 10.9 Å². The van der Waals surface area contributed by atoms with Crippen molar-refractivity contribution < 1.29 is 13.9 Å². The summed E-state index contributed by atoms with van der Waals surface area (Å²) in [5.74, 6) is 1.05. The monoisotopic (exact) mass is 459 g/mol. The second-order valence-electron chi connectivity index (χ2n) is 10.7. The van der Waals surface area contributed by atoms with E-state index in [-0.39, 0.29) is 5.56 Å². The molecule has 1 aromatic heterocycles. The molecule has 1 heterocycles. The number of halogens is 1. The van der Waals surface area contributed by atoms with E-state index in [0.717, 1.165) is 36.2 Å². The first kappa shape index (κ1) is 27.4. The van der Waals surface area contributed by atoms with Crippen LogP contribution in [0.2, 0.25) is 0 Å². The molecule has 0 N–H and O–H groups in total. The number of ether oxygens (including phenoxy) is 1. The Morgan fingerprint density at radius 2 is 1.42 bits per heavy atom. The van der Waals surface area contributed by atoms with Crippen LogP contribution in [0, 0.1) is 29.0 Å². The number of esters is 1. The van der Waals surface area contributed by atoms with E-state index in [2.05, 4.69) is 50.8 Å². The normalized spacial score (nSPS) is 12.5. The molecule has 0 atom stereocenters. The fourth-order valence-corrected chi connectivity index (χ4v) is 6.16. The molecular formula is C29H46FNO2. The van der Waals surface area contributed by atoms with Crippen LogP contribution in [0.5, 0.6) is 0 Å². The van der Waals surface area contributed by atoms with Crippen LogP contribution in [-0.2, 0) is 11.3 Å². The predicted octanol–water partition coefficient (Wildman–Crippen LogP) is 8.64. The number of hydrogen-bond acceptors (Lipinski definition) is 2. The first-order valence-electron chi connectivity index (χ1n) is 13.0. The van der Waals surface area contributed by atoms with Gasteiger partial charge in [-0.05, 0) is 54.2 Å². The van der Waals surface area contributed by atoms with Crippen molar-refractivity contribution in [2.24, 2.45) is 23.2 Å². The van der Waals surface area contributed by atoms with Gasteiger partial charge >= 0.3 is 5.97 Å². The Labute approximate surface area is 201 Å². The number of benzene rings is 1. The average Bonchev–Trinajstić information content (AvgIpc) is 3.18. The molecule has 0 spiro atoms. The first-order chi connectivity index (χ1) is 15.7. The van der Waals surface area contributed by atoms with Crippen molar-refractivity contribution in [3.05, 3.63) is 35.8 Å². The molecule has 2 aromatic rings. The summed E-state index contributed by atoms with van der Waals surface area (Å²) in [7, 11) is 1.27. The van der Waals surface area contributed by atoms with Crippen LogP contribution in [0.15, 0.2) is 24.4 Å². The lowest BCUT2D eigenvalue weighted by Gasteiger charge is -2.45. The van der Waals surface area contributed by atoms with Crippen LogP contribution in [-0.4, -0.2) is 17.6 Å². The van der Waals surface area contributed by atoms with Gasteiger partial charge in [-0.25, -0.2) is 9.18 Å². The Kier molecular flexibility index (Phi) is 10.4. The van der Waals surface area contributed by atoms with E-state index < -0.39 is 11.8 Å². The van der Waals surface area contributed by atoms with E-state index in [1.54, 1.807) is 6.07 Å². The van der Waals surface area contributed by atoms with Gasteiger partial charge < -0.3 is 9.30 Å². The lowest BCUT2D eigenvalue weighted by Crippen LogP contribution is -2.38. The van der Waals surface area contributed by atoms with Gasteiger partial charge in [0.1, 0.15) is 5.82 Å². The fraction of sp³-hybridized carbons (Fsp3) is 0.690. The van der Waals surface area contributed by atoms with Gasteiger partial charge in [0.2, 0.25) is 0 Å². The summed E-state index contributed by atoms with van der Waals surface area (Å²) < 4.78 is 21.3. The zero-order valence-corrected chi connectivity index (χ0v) is 22.0. The molecule has 3 nitrogen and oxygen atoms in total. The van der Waals surface area contributed by atoms with E-state index in [4.69, 9.17) is 0 Å². The molecule has 2 rings (SSSR count). The quantitative estimate of drug-likeness (QED) is 0.209. The van der Waals surface area contributed by atoms with Crippen molar-refractivity contribution in [2.45, 2.75) is 99.5 Å². The van der Waals surface area contributed by atoms with Gasteiger partial charge in [-0.3, -0.25) is 0 Å². The van der Waals surface area contributed by atoms with Gasteiger partial charge in [0.15, 0.2) is 0 Å². The highest BCUT2D eigenvalue weighted by atomic mass is 19.1. The molecule has 0 bridgehead atoms. The van der Waals surface area contributed by atoms with Crippen molar-refractivity contribution in [1.29, 1.82) is 0 Å². The lowest BCUT2D eigenvalue weighted by atomic mass is 9.60. The summed E-state index contributed by atoms with van der Waals surface area (Å²) in [4.78, 5) is 11.7. The Morgan fingerprint density at radius 1 is 0.879 bits per heavy atom. The minimum absolute atomic E-state index is 0.00447. The number of fused-ring (bicyclic) bond motifs is 1. The number of carbonyl (C=O) groups excluding carboxylic acids is 1. The number of hydrogen-bond donors (Lipinski definition) is 0. The molecule has 4 heteroatoms. The summed E-state index contributed by atoms with van der Waals surface area (Å²) >= 11 is 0. The highest BCUT2D eigenvalue weighted by molar-refractivity contribution is 5.95. The van der Waals surface area contributed by atoms with Gasteiger partial charge in [0, 0.05) is 18.1 Å². The molecule has 186 valence electrons. The molecule has 0 saturated heterocycles. The molecule has 0 radical (unpaired) electrons. The molecule has 33 heavy (non-hydrogen) atoms. The summed E-state index contributed by atoms with van der Waals surface area (Å²) in [5, 5.41) is 0.484. The summed E-state index contributed by atoms with van der Waals surface area (Å²) in [6, 6.07) is 5.09. The van der Waals surface area contributed by atoms with Gasteiger partial charge in [-0.2, -0.15) is 0 Å². The maximum absolute atomic E-state index is 14.6. The zero-order chi connectivity index (χ0) is 24.6. The molecule has 0 saturated carbocycles. The molecule has 0 aliphatic rings. The van der Waals surface area contributed by atoms with Crippen molar-refractivity contribution in [3.63, 3.8) is 0 Å². The van der Waals surface area contributed by atoms with Crippen molar-refractivity contribution in [1.82, 2.24) is 4.57 Å². The van der Waals surface area contributed by atoms with E-state index in [0.29, 0.717) is 10.8 Å². The van der Waals surface area contributed by atoms with E-state index >= 15 is 0 Å². The van der Waals surface area contributed by atoms with Crippen molar-refractivity contribution in [2.75, 3.05) is 7.11 Å². The second kappa shape index (κ2) is 12.6. The summed E-state index contributed by atoms with van der Waals surface area (Å²) in [6.45, 7) is 15.3. The Balaban J connectivity index is 1.72. The van der Waals surface area contributed by atoms with E-state index in [1.807, 2.05) is 12.3 Å². The predicted molar refractivity (Wildman–Crippen MR) is 137 cm³/mol. The maximum Gasteiger partial charge on any atom is 0.340 e. The molecule has 1 aromatic carbocycles. The number of nitrogens with zero attached hydrogens (tertiary/aromatic N) is 1. The first-order valence-corrected chi connectivity index (χ1v) is 13.0. The van der Waals surface area contributed by atoms with Crippen LogP contribution in [0.4, 0.5) is 4.39 Å². The van der Waals surface area contributed by atoms with Crippen LogP contribution >= 0.6 is 0 Å². The molecule has 0 amide bonds. The third-order valence-electron chi connectivity index (χ3n) is 8.03. The van der Waals surface area contributed by atoms with Crippen LogP contribution < -0.4 is 0 Å². The average molecular weight is 460 g/mol. The number of aryl methyl sites for hydroxylation is 1. The smallest absolute Gasteiger partial charge is 0.340 e. The Morgan fingerprint density at radius 3 is 1.97 bits per heavy atom. The summed E-state index contributed by atoms with van der Waals surface area (Å²) in [6.07, 6.45) is 12.1. The largest absolute Gasteiger partial charge is 0.465 e. The van der Waals surface area contributed by atoms with E-state index in [1.165, 1.54) is 58.1 Å². The Hall–Kier alpha value is -1.84. The third-order valence-corrected chi connectivity index (χ3v) is 8.03. The lowest BCUT2D eigenvalue weighted by molar-refractivity contribution is 0.0356. The molecular weight excluding hydrogens is 413 g/mol. The van der Waals surface area contributed by atoms with Gasteiger partial charge in [0.25, 0.3) is 0 Å². The highest BCUT2D eigenvalue weighted by Gasteiger charge is 2.39. The molecule has 0 unspecified atom stereocenters. The van der Waals surface area contributed by atoms with Crippen LogP contribution in [0.3, 0.4) is 0 Å².